The SMILES string of the molecule is CCCNC1CCC(O)(c2ccc(OC)cc2F)CC1. The highest BCUT2D eigenvalue weighted by Gasteiger charge is 2.36. The molecule has 0 radical (unpaired) electrons. The number of hydrogen-bond acceptors (Lipinski definition) is 3. The highest BCUT2D eigenvalue weighted by molar-refractivity contribution is 5.32. The molecule has 0 atom stereocenters. The van der Waals surface area contributed by atoms with Crippen molar-refractivity contribution < 1.29 is 14.2 Å². The van der Waals surface area contributed by atoms with Crippen molar-refractivity contribution in [2.75, 3.05) is 13.7 Å². The van der Waals surface area contributed by atoms with Crippen molar-refractivity contribution in [2.45, 2.75) is 50.7 Å². The van der Waals surface area contributed by atoms with E-state index in [4.69, 9.17) is 4.74 Å². The molecular formula is C16H24FNO2. The van der Waals surface area contributed by atoms with Crippen molar-refractivity contribution >= 4 is 0 Å². The molecule has 1 saturated carbocycles. The number of halogens is 1. The largest absolute Gasteiger partial charge is 0.497 e. The van der Waals surface area contributed by atoms with Crippen LogP contribution in [-0.4, -0.2) is 24.8 Å². The summed E-state index contributed by atoms with van der Waals surface area (Å²) >= 11 is 0. The summed E-state index contributed by atoms with van der Waals surface area (Å²) in [5.41, 5.74) is -0.645. The lowest BCUT2D eigenvalue weighted by Crippen LogP contribution is -2.40. The van der Waals surface area contributed by atoms with E-state index >= 15 is 0 Å². The minimum atomic E-state index is -1.04. The maximum Gasteiger partial charge on any atom is 0.132 e. The average molecular weight is 281 g/mol. The molecule has 4 heteroatoms. The van der Waals surface area contributed by atoms with Gasteiger partial charge in [0, 0.05) is 17.7 Å². The molecule has 0 saturated heterocycles. The second kappa shape index (κ2) is 6.55. The molecular weight excluding hydrogens is 257 g/mol. The van der Waals surface area contributed by atoms with E-state index in [1.54, 1.807) is 12.1 Å². The molecule has 0 aromatic heterocycles. The predicted octanol–water partition coefficient (Wildman–Crippen LogP) is 2.96. The zero-order valence-electron chi connectivity index (χ0n) is 12.3. The van der Waals surface area contributed by atoms with E-state index in [9.17, 15) is 9.50 Å². The standard InChI is InChI=1S/C16H24FNO2/c1-3-10-18-12-6-8-16(19,9-7-12)14-5-4-13(20-2)11-15(14)17/h4-5,11-12,18-19H,3,6-10H2,1-2H3. The quantitative estimate of drug-likeness (QED) is 0.872. The summed E-state index contributed by atoms with van der Waals surface area (Å²) in [7, 11) is 1.51. The van der Waals surface area contributed by atoms with Gasteiger partial charge in [-0.2, -0.15) is 0 Å². The van der Waals surface area contributed by atoms with Gasteiger partial charge in [0.25, 0.3) is 0 Å². The second-order valence-electron chi connectivity index (χ2n) is 5.61. The predicted molar refractivity (Wildman–Crippen MR) is 77.4 cm³/mol. The van der Waals surface area contributed by atoms with E-state index < -0.39 is 5.60 Å². The van der Waals surface area contributed by atoms with Crippen LogP contribution >= 0.6 is 0 Å². The third kappa shape index (κ3) is 3.30. The fourth-order valence-electron chi connectivity index (χ4n) is 2.92. The van der Waals surface area contributed by atoms with E-state index in [0.717, 1.165) is 25.8 Å². The van der Waals surface area contributed by atoms with Gasteiger partial charge in [-0.25, -0.2) is 4.39 Å². The molecule has 1 aliphatic carbocycles. The highest BCUT2D eigenvalue weighted by Crippen LogP contribution is 2.39. The van der Waals surface area contributed by atoms with Gasteiger partial charge in [-0.1, -0.05) is 6.92 Å². The number of rotatable bonds is 5. The number of benzene rings is 1. The van der Waals surface area contributed by atoms with Crippen LogP contribution in [0.25, 0.3) is 0 Å². The van der Waals surface area contributed by atoms with Gasteiger partial charge in [-0.3, -0.25) is 0 Å². The van der Waals surface area contributed by atoms with E-state index in [1.807, 2.05) is 0 Å². The van der Waals surface area contributed by atoms with Gasteiger partial charge in [0.2, 0.25) is 0 Å². The van der Waals surface area contributed by atoms with Gasteiger partial charge in [-0.15, -0.1) is 0 Å². The topological polar surface area (TPSA) is 41.5 Å². The maximum absolute atomic E-state index is 14.1. The van der Waals surface area contributed by atoms with Crippen LogP contribution in [0.1, 0.15) is 44.6 Å². The summed E-state index contributed by atoms with van der Waals surface area (Å²) in [4.78, 5) is 0. The Morgan fingerprint density at radius 1 is 1.40 bits per heavy atom. The van der Waals surface area contributed by atoms with Crippen LogP contribution in [0.4, 0.5) is 4.39 Å². The van der Waals surface area contributed by atoms with Crippen LogP contribution in [0.5, 0.6) is 5.75 Å². The number of methoxy groups -OCH3 is 1. The molecule has 1 aliphatic rings. The number of ether oxygens (including phenoxy) is 1. The molecule has 0 unspecified atom stereocenters. The maximum atomic E-state index is 14.1. The molecule has 0 spiro atoms. The molecule has 1 aromatic rings. The number of nitrogens with one attached hydrogen (secondary N) is 1. The Bertz CT molecular complexity index is 442. The molecule has 20 heavy (non-hydrogen) atoms. The van der Waals surface area contributed by atoms with Gasteiger partial charge in [0.1, 0.15) is 11.6 Å². The van der Waals surface area contributed by atoms with Gasteiger partial charge in [0.15, 0.2) is 0 Å². The van der Waals surface area contributed by atoms with Crippen molar-refractivity contribution in [1.82, 2.24) is 5.32 Å². The Labute approximate surface area is 120 Å². The normalized spacial score (nSPS) is 26.5. The lowest BCUT2D eigenvalue weighted by Gasteiger charge is -2.37. The molecule has 0 heterocycles. The van der Waals surface area contributed by atoms with Crippen LogP contribution in [0.15, 0.2) is 18.2 Å². The number of aliphatic hydroxyl groups is 1. The lowest BCUT2D eigenvalue weighted by atomic mass is 9.77. The summed E-state index contributed by atoms with van der Waals surface area (Å²) in [5, 5.41) is 14.2. The van der Waals surface area contributed by atoms with Gasteiger partial charge in [-0.05, 0) is 50.8 Å². The van der Waals surface area contributed by atoms with Crippen LogP contribution < -0.4 is 10.1 Å². The van der Waals surface area contributed by atoms with Crippen molar-refractivity contribution in [3.63, 3.8) is 0 Å². The first-order valence-corrected chi connectivity index (χ1v) is 7.39. The van der Waals surface area contributed by atoms with Crippen molar-refractivity contribution in [3.8, 4) is 5.75 Å². The monoisotopic (exact) mass is 281 g/mol. The minimum absolute atomic E-state index is 0.383. The lowest BCUT2D eigenvalue weighted by molar-refractivity contribution is -0.0113. The first kappa shape index (κ1) is 15.3. The third-order valence-electron chi connectivity index (χ3n) is 4.17. The van der Waals surface area contributed by atoms with Crippen molar-refractivity contribution in [1.29, 1.82) is 0 Å². The first-order valence-electron chi connectivity index (χ1n) is 7.39. The van der Waals surface area contributed by atoms with Crippen molar-refractivity contribution in [3.05, 3.63) is 29.6 Å². The Hall–Kier alpha value is -1.13. The molecule has 0 aliphatic heterocycles. The van der Waals surface area contributed by atoms with Gasteiger partial charge < -0.3 is 15.2 Å². The van der Waals surface area contributed by atoms with Crippen LogP contribution in [0.3, 0.4) is 0 Å². The van der Waals surface area contributed by atoms with Crippen molar-refractivity contribution in [2.24, 2.45) is 0 Å². The summed E-state index contributed by atoms with van der Waals surface area (Å²) in [5.74, 6) is 0.0972. The average Bonchev–Trinajstić information content (AvgIpc) is 2.46. The minimum Gasteiger partial charge on any atom is -0.497 e. The molecule has 2 rings (SSSR count). The molecule has 1 fully saturated rings. The van der Waals surface area contributed by atoms with Crippen LogP contribution in [0.2, 0.25) is 0 Å². The van der Waals surface area contributed by atoms with E-state index in [1.165, 1.54) is 13.2 Å². The van der Waals surface area contributed by atoms with E-state index in [2.05, 4.69) is 12.2 Å². The fourth-order valence-corrected chi connectivity index (χ4v) is 2.92. The second-order valence-corrected chi connectivity index (χ2v) is 5.61. The molecule has 1 aromatic carbocycles. The van der Waals surface area contributed by atoms with Crippen LogP contribution in [-0.2, 0) is 5.60 Å². The first-order chi connectivity index (χ1) is 9.59. The fraction of sp³-hybridized carbons (Fsp3) is 0.625. The van der Waals surface area contributed by atoms with Gasteiger partial charge >= 0.3 is 0 Å². The highest BCUT2D eigenvalue weighted by atomic mass is 19.1. The molecule has 0 amide bonds. The summed E-state index contributed by atoms with van der Waals surface area (Å²) in [6, 6.07) is 5.14. The Balaban J connectivity index is 2.05. The van der Waals surface area contributed by atoms with E-state index in [0.29, 0.717) is 30.2 Å². The van der Waals surface area contributed by atoms with E-state index in [-0.39, 0.29) is 5.82 Å². The third-order valence-corrected chi connectivity index (χ3v) is 4.17. The molecule has 112 valence electrons. The Morgan fingerprint density at radius 2 is 2.10 bits per heavy atom. The Morgan fingerprint density at radius 3 is 2.65 bits per heavy atom. The van der Waals surface area contributed by atoms with Crippen LogP contribution in [0, 0.1) is 5.82 Å². The zero-order chi connectivity index (χ0) is 14.6. The smallest absolute Gasteiger partial charge is 0.132 e. The summed E-state index contributed by atoms with van der Waals surface area (Å²) < 4.78 is 19.1. The number of hydrogen-bond donors (Lipinski definition) is 2. The van der Waals surface area contributed by atoms with Gasteiger partial charge in [0.05, 0.1) is 12.7 Å². The zero-order valence-corrected chi connectivity index (χ0v) is 12.3. The summed E-state index contributed by atoms with van der Waals surface area (Å²) in [6.45, 7) is 3.14. The molecule has 3 nitrogen and oxygen atoms in total. The summed E-state index contributed by atoms with van der Waals surface area (Å²) in [6.07, 6.45) is 4.05. The molecule has 2 N–H and O–H groups in total. The molecule has 0 bridgehead atoms. The Kier molecular flexibility index (Phi) is 5.00.